The molecule has 2 aromatic rings. The highest BCUT2D eigenvalue weighted by molar-refractivity contribution is 6.05. The number of carbonyl (C=O) groups is 1. The smallest absolute Gasteiger partial charge is 0.255 e. The van der Waals surface area contributed by atoms with Gasteiger partial charge in [-0.15, -0.1) is 0 Å². The van der Waals surface area contributed by atoms with E-state index in [4.69, 9.17) is 4.74 Å². The maximum absolute atomic E-state index is 14.0. The molecule has 6 heteroatoms. The average Bonchev–Trinajstić information content (AvgIpc) is 2.62. The van der Waals surface area contributed by atoms with Gasteiger partial charge in [-0.25, -0.2) is 4.39 Å². The standard InChI is InChI=1S/C20H24FN3O2/c1-24(2)10-11-26-15-5-3-4-14(12-15)23-20(25)17-6-7-19(21)18-13-22-9-8-16(17)18/h3-7,12,22H,8-11,13H2,1-2H3,(H,23,25). The van der Waals surface area contributed by atoms with E-state index in [0.717, 1.165) is 18.7 Å². The first kappa shape index (κ1) is 18.4. The van der Waals surface area contributed by atoms with Gasteiger partial charge in [0.25, 0.3) is 5.91 Å². The molecule has 0 aromatic heterocycles. The molecule has 0 atom stereocenters. The number of ether oxygens (including phenoxy) is 1. The molecule has 5 nitrogen and oxygen atoms in total. The second-order valence-corrected chi connectivity index (χ2v) is 6.61. The van der Waals surface area contributed by atoms with Crippen LogP contribution in [0.2, 0.25) is 0 Å². The van der Waals surface area contributed by atoms with Gasteiger partial charge in [0.2, 0.25) is 0 Å². The van der Waals surface area contributed by atoms with Crippen molar-refractivity contribution in [3.63, 3.8) is 0 Å². The summed E-state index contributed by atoms with van der Waals surface area (Å²) >= 11 is 0. The van der Waals surface area contributed by atoms with Crippen LogP contribution >= 0.6 is 0 Å². The molecule has 1 heterocycles. The number of halogens is 1. The predicted octanol–water partition coefficient (Wildman–Crippen LogP) is 2.66. The van der Waals surface area contributed by atoms with Gasteiger partial charge in [-0.05, 0) is 56.9 Å². The van der Waals surface area contributed by atoms with Crippen LogP contribution in [0.4, 0.5) is 10.1 Å². The molecule has 3 rings (SSSR count). The normalized spacial score (nSPS) is 13.4. The number of likely N-dealkylation sites (N-methyl/N-ethyl adjacent to an activating group) is 1. The van der Waals surface area contributed by atoms with Crippen molar-refractivity contribution in [1.29, 1.82) is 0 Å². The van der Waals surface area contributed by atoms with Crippen molar-refractivity contribution in [1.82, 2.24) is 10.2 Å². The Morgan fingerprint density at radius 2 is 2.12 bits per heavy atom. The largest absolute Gasteiger partial charge is 0.492 e. The van der Waals surface area contributed by atoms with E-state index in [-0.39, 0.29) is 11.7 Å². The highest BCUT2D eigenvalue weighted by Crippen LogP contribution is 2.24. The van der Waals surface area contributed by atoms with Gasteiger partial charge in [0, 0.05) is 36.0 Å². The summed E-state index contributed by atoms with van der Waals surface area (Å²) in [6.07, 6.45) is 0.642. The van der Waals surface area contributed by atoms with E-state index in [1.54, 1.807) is 12.1 Å². The Morgan fingerprint density at radius 1 is 1.27 bits per heavy atom. The lowest BCUT2D eigenvalue weighted by atomic mass is 9.94. The number of anilines is 1. The minimum Gasteiger partial charge on any atom is -0.492 e. The van der Waals surface area contributed by atoms with Crippen LogP contribution in [0.15, 0.2) is 36.4 Å². The first-order valence-electron chi connectivity index (χ1n) is 8.74. The highest BCUT2D eigenvalue weighted by atomic mass is 19.1. The van der Waals surface area contributed by atoms with Crippen molar-refractivity contribution < 1.29 is 13.9 Å². The summed E-state index contributed by atoms with van der Waals surface area (Å²) in [6, 6.07) is 10.2. The predicted molar refractivity (Wildman–Crippen MR) is 100 cm³/mol. The number of fused-ring (bicyclic) bond motifs is 1. The number of nitrogens with one attached hydrogen (secondary N) is 2. The molecule has 0 spiro atoms. The molecule has 1 amide bonds. The van der Waals surface area contributed by atoms with Crippen LogP contribution in [0.3, 0.4) is 0 Å². The summed E-state index contributed by atoms with van der Waals surface area (Å²) in [5, 5.41) is 6.04. The molecule has 2 aromatic carbocycles. The number of hydrogen-bond acceptors (Lipinski definition) is 4. The Balaban J connectivity index is 1.72. The maximum atomic E-state index is 14.0. The quantitative estimate of drug-likeness (QED) is 0.835. The summed E-state index contributed by atoms with van der Waals surface area (Å²) in [6.45, 7) is 2.58. The molecule has 0 saturated carbocycles. The number of carbonyl (C=O) groups excluding carboxylic acids is 1. The molecule has 1 aliphatic heterocycles. The van der Waals surface area contributed by atoms with Crippen LogP contribution in [0, 0.1) is 5.82 Å². The summed E-state index contributed by atoms with van der Waals surface area (Å²) in [5.74, 6) is 0.212. The Morgan fingerprint density at radius 3 is 2.92 bits per heavy atom. The molecule has 0 fully saturated rings. The molecule has 26 heavy (non-hydrogen) atoms. The van der Waals surface area contributed by atoms with E-state index in [1.165, 1.54) is 6.07 Å². The fourth-order valence-electron chi connectivity index (χ4n) is 2.99. The Kier molecular flexibility index (Phi) is 5.85. The van der Waals surface area contributed by atoms with Crippen LogP contribution in [0.5, 0.6) is 5.75 Å². The van der Waals surface area contributed by atoms with Gasteiger partial charge in [-0.2, -0.15) is 0 Å². The van der Waals surface area contributed by atoms with Gasteiger partial charge in [-0.1, -0.05) is 6.07 Å². The van der Waals surface area contributed by atoms with E-state index in [2.05, 4.69) is 10.6 Å². The van der Waals surface area contributed by atoms with Crippen LogP contribution in [-0.2, 0) is 13.0 Å². The van der Waals surface area contributed by atoms with E-state index in [0.29, 0.717) is 42.1 Å². The molecule has 0 radical (unpaired) electrons. The summed E-state index contributed by atoms with van der Waals surface area (Å²) in [7, 11) is 3.97. The summed E-state index contributed by atoms with van der Waals surface area (Å²) < 4.78 is 19.7. The van der Waals surface area contributed by atoms with Crippen LogP contribution in [0.25, 0.3) is 0 Å². The number of amides is 1. The number of hydrogen-bond donors (Lipinski definition) is 2. The van der Waals surface area contributed by atoms with Crippen molar-refractivity contribution in [3.8, 4) is 5.75 Å². The maximum Gasteiger partial charge on any atom is 0.255 e. The van der Waals surface area contributed by atoms with Gasteiger partial charge < -0.3 is 20.3 Å². The lowest BCUT2D eigenvalue weighted by Crippen LogP contribution is -2.27. The van der Waals surface area contributed by atoms with Gasteiger partial charge in [-0.3, -0.25) is 4.79 Å². The third-order valence-electron chi connectivity index (χ3n) is 4.37. The molecule has 0 aliphatic carbocycles. The Bertz CT molecular complexity index is 793. The second-order valence-electron chi connectivity index (χ2n) is 6.61. The fraction of sp³-hybridized carbons (Fsp3) is 0.350. The first-order valence-corrected chi connectivity index (χ1v) is 8.74. The van der Waals surface area contributed by atoms with Gasteiger partial charge >= 0.3 is 0 Å². The summed E-state index contributed by atoms with van der Waals surface area (Å²) in [5.41, 5.74) is 2.57. The highest BCUT2D eigenvalue weighted by Gasteiger charge is 2.20. The van der Waals surface area contributed by atoms with Crippen molar-refractivity contribution in [3.05, 3.63) is 58.9 Å². The molecule has 2 N–H and O–H groups in total. The lowest BCUT2D eigenvalue weighted by molar-refractivity contribution is 0.102. The summed E-state index contributed by atoms with van der Waals surface area (Å²) in [4.78, 5) is 14.8. The Hall–Kier alpha value is -2.44. The zero-order valence-corrected chi connectivity index (χ0v) is 15.1. The topological polar surface area (TPSA) is 53.6 Å². The van der Waals surface area contributed by atoms with Gasteiger partial charge in [0.05, 0.1) is 0 Å². The zero-order chi connectivity index (χ0) is 18.5. The van der Waals surface area contributed by atoms with Crippen molar-refractivity contribution in [2.45, 2.75) is 13.0 Å². The van der Waals surface area contributed by atoms with Crippen molar-refractivity contribution in [2.24, 2.45) is 0 Å². The monoisotopic (exact) mass is 357 g/mol. The third kappa shape index (κ3) is 4.39. The number of benzene rings is 2. The van der Waals surface area contributed by atoms with Crippen LogP contribution in [-0.4, -0.2) is 44.6 Å². The average molecular weight is 357 g/mol. The SMILES string of the molecule is CN(C)CCOc1cccc(NC(=O)c2ccc(F)c3c2CCNC3)c1. The Labute approximate surface area is 153 Å². The van der Waals surface area contributed by atoms with Crippen molar-refractivity contribution >= 4 is 11.6 Å². The molecule has 0 unspecified atom stereocenters. The van der Waals surface area contributed by atoms with Gasteiger partial charge in [0.1, 0.15) is 18.2 Å². The van der Waals surface area contributed by atoms with Crippen LogP contribution in [0.1, 0.15) is 21.5 Å². The zero-order valence-electron chi connectivity index (χ0n) is 15.1. The minimum absolute atomic E-state index is 0.228. The molecule has 0 bridgehead atoms. The van der Waals surface area contributed by atoms with E-state index in [9.17, 15) is 9.18 Å². The molecule has 138 valence electrons. The first-order chi connectivity index (χ1) is 12.5. The molecule has 1 aliphatic rings. The third-order valence-corrected chi connectivity index (χ3v) is 4.37. The molecule has 0 saturated heterocycles. The lowest BCUT2D eigenvalue weighted by Gasteiger charge is -2.20. The molecular formula is C20H24FN3O2. The number of rotatable bonds is 6. The van der Waals surface area contributed by atoms with Crippen LogP contribution < -0.4 is 15.4 Å². The van der Waals surface area contributed by atoms with Crippen molar-refractivity contribution in [2.75, 3.05) is 39.1 Å². The second kappa shape index (κ2) is 8.29. The van der Waals surface area contributed by atoms with E-state index >= 15 is 0 Å². The minimum atomic E-state index is -0.264. The van der Waals surface area contributed by atoms with E-state index in [1.807, 2.05) is 37.2 Å². The molecular weight excluding hydrogens is 333 g/mol. The van der Waals surface area contributed by atoms with Gasteiger partial charge in [0.15, 0.2) is 0 Å². The fourth-order valence-corrected chi connectivity index (χ4v) is 2.99. The number of nitrogens with zero attached hydrogens (tertiary/aromatic N) is 1. The van der Waals surface area contributed by atoms with E-state index < -0.39 is 0 Å².